The van der Waals surface area contributed by atoms with Crippen LogP contribution in [-0.2, 0) is 4.79 Å². The molecule has 7 heteroatoms. The summed E-state index contributed by atoms with van der Waals surface area (Å²) in [5.74, 6) is -0.0318. The molecule has 1 fully saturated rings. The van der Waals surface area contributed by atoms with Gasteiger partial charge in [0.2, 0.25) is 5.91 Å². The number of hydrogen-bond acceptors (Lipinski definition) is 4. The second-order valence-corrected chi connectivity index (χ2v) is 6.50. The molecule has 2 heterocycles. The third-order valence-electron chi connectivity index (χ3n) is 3.32. The molecule has 0 radical (unpaired) electrons. The van der Waals surface area contributed by atoms with E-state index >= 15 is 0 Å². The van der Waals surface area contributed by atoms with Crippen LogP contribution >= 0.6 is 34.5 Å². The Balaban J connectivity index is 1.75. The van der Waals surface area contributed by atoms with Gasteiger partial charge in [0.05, 0.1) is 16.8 Å². The minimum Gasteiger partial charge on any atom is -0.306 e. The monoisotopic (exact) mass is 341 g/mol. The van der Waals surface area contributed by atoms with Crippen LogP contribution in [0.25, 0.3) is 11.3 Å². The third kappa shape index (κ3) is 3.37. The van der Waals surface area contributed by atoms with Gasteiger partial charge in [0, 0.05) is 16.0 Å². The molecule has 1 aliphatic heterocycles. The number of halogens is 2. The van der Waals surface area contributed by atoms with Crippen molar-refractivity contribution in [3.8, 4) is 11.3 Å². The van der Waals surface area contributed by atoms with Gasteiger partial charge in [-0.1, -0.05) is 23.2 Å². The van der Waals surface area contributed by atoms with Crippen molar-refractivity contribution in [2.45, 2.75) is 18.9 Å². The molecule has 110 valence electrons. The van der Waals surface area contributed by atoms with Gasteiger partial charge in [0.15, 0.2) is 5.13 Å². The van der Waals surface area contributed by atoms with Gasteiger partial charge in [-0.05, 0) is 37.6 Å². The van der Waals surface area contributed by atoms with Gasteiger partial charge in [0.25, 0.3) is 0 Å². The lowest BCUT2D eigenvalue weighted by atomic mass is 10.2. The number of anilines is 1. The molecule has 1 aromatic carbocycles. The Morgan fingerprint density at radius 2 is 2.29 bits per heavy atom. The van der Waals surface area contributed by atoms with E-state index < -0.39 is 0 Å². The average Bonchev–Trinajstić information content (AvgIpc) is 3.09. The van der Waals surface area contributed by atoms with Crippen LogP contribution in [0.2, 0.25) is 10.0 Å². The number of amides is 1. The molecule has 2 N–H and O–H groups in total. The normalized spacial score (nSPS) is 17.9. The molecule has 1 saturated heterocycles. The average molecular weight is 342 g/mol. The number of rotatable bonds is 3. The second kappa shape index (κ2) is 6.32. The highest BCUT2D eigenvalue weighted by atomic mass is 35.5. The first kappa shape index (κ1) is 14.8. The fourth-order valence-electron chi connectivity index (χ4n) is 2.25. The predicted molar refractivity (Wildman–Crippen MR) is 87.2 cm³/mol. The molecule has 1 amide bonds. The number of aromatic nitrogens is 1. The van der Waals surface area contributed by atoms with Gasteiger partial charge < -0.3 is 10.6 Å². The van der Waals surface area contributed by atoms with Crippen molar-refractivity contribution in [3.63, 3.8) is 0 Å². The highest BCUT2D eigenvalue weighted by Crippen LogP contribution is 2.32. The number of thiazole rings is 1. The first-order valence-electron chi connectivity index (χ1n) is 6.58. The van der Waals surface area contributed by atoms with Gasteiger partial charge in [-0.25, -0.2) is 4.98 Å². The van der Waals surface area contributed by atoms with Crippen molar-refractivity contribution >= 4 is 45.6 Å². The molecule has 0 aliphatic carbocycles. The Morgan fingerprint density at radius 3 is 3.00 bits per heavy atom. The maximum absolute atomic E-state index is 12.0. The van der Waals surface area contributed by atoms with E-state index in [2.05, 4.69) is 15.6 Å². The molecule has 0 spiro atoms. The molecule has 0 saturated carbocycles. The van der Waals surface area contributed by atoms with Crippen molar-refractivity contribution in [2.75, 3.05) is 11.9 Å². The third-order valence-corrected chi connectivity index (χ3v) is 4.62. The van der Waals surface area contributed by atoms with E-state index in [1.54, 1.807) is 12.1 Å². The summed E-state index contributed by atoms with van der Waals surface area (Å²) in [7, 11) is 0. The van der Waals surface area contributed by atoms with E-state index in [0.717, 1.165) is 30.6 Å². The van der Waals surface area contributed by atoms with E-state index in [-0.39, 0.29) is 11.9 Å². The summed E-state index contributed by atoms with van der Waals surface area (Å²) in [5, 5.41) is 9.58. The van der Waals surface area contributed by atoms with Crippen LogP contribution in [0, 0.1) is 0 Å². The zero-order chi connectivity index (χ0) is 14.8. The molecule has 0 unspecified atom stereocenters. The molecule has 1 aliphatic rings. The summed E-state index contributed by atoms with van der Waals surface area (Å²) in [6, 6.07) is 5.15. The summed E-state index contributed by atoms with van der Waals surface area (Å²) in [6.45, 7) is 0.890. The van der Waals surface area contributed by atoms with Crippen LogP contribution in [0.1, 0.15) is 12.8 Å². The Labute approximate surface area is 136 Å². The summed E-state index contributed by atoms with van der Waals surface area (Å²) in [4.78, 5) is 16.4. The lowest BCUT2D eigenvalue weighted by Crippen LogP contribution is -2.35. The Bertz CT molecular complexity index is 668. The minimum absolute atomic E-state index is 0.0318. The summed E-state index contributed by atoms with van der Waals surface area (Å²) < 4.78 is 0. The molecule has 1 atom stereocenters. The number of nitrogens with one attached hydrogen (secondary N) is 2. The predicted octanol–water partition coefficient (Wildman–Crippen LogP) is 3.81. The van der Waals surface area contributed by atoms with Gasteiger partial charge in [-0.3, -0.25) is 4.79 Å². The smallest absolute Gasteiger partial charge is 0.243 e. The van der Waals surface area contributed by atoms with Gasteiger partial charge in [-0.15, -0.1) is 11.3 Å². The van der Waals surface area contributed by atoms with Gasteiger partial charge >= 0.3 is 0 Å². The number of carbonyl (C=O) groups excluding carboxylic acids is 1. The number of hydrogen-bond donors (Lipinski definition) is 2. The van der Waals surface area contributed by atoms with Crippen LogP contribution in [0.4, 0.5) is 5.13 Å². The van der Waals surface area contributed by atoms with Crippen LogP contribution in [0.5, 0.6) is 0 Å². The SMILES string of the molecule is O=C(Nc1nc(-c2ccc(Cl)cc2Cl)cs1)[C@@H]1CCCN1. The summed E-state index contributed by atoms with van der Waals surface area (Å²) in [6.07, 6.45) is 1.90. The first-order valence-corrected chi connectivity index (χ1v) is 8.22. The number of carbonyl (C=O) groups is 1. The van der Waals surface area contributed by atoms with Crippen LogP contribution in [0.15, 0.2) is 23.6 Å². The van der Waals surface area contributed by atoms with E-state index in [4.69, 9.17) is 23.2 Å². The summed E-state index contributed by atoms with van der Waals surface area (Å²) in [5.41, 5.74) is 1.54. The molecular weight excluding hydrogens is 329 g/mol. The zero-order valence-corrected chi connectivity index (χ0v) is 13.4. The zero-order valence-electron chi connectivity index (χ0n) is 11.0. The van der Waals surface area contributed by atoms with E-state index in [9.17, 15) is 4.79 Å². The Morgan fingerprint density at radius 1 is 1.43 bits per heavy atom. The van der Waals surface area contributed by atoms with Crippen molar-refractivity contribution in [2.24, 2.45) is 0 Å². The molecule has 3 rings (SSSR count). The van der Waals surface area contributed by atoms with Crippen molar-refractivity contribution in [3.05, 3.63) is 33.6 Å². The number of nitrogens with zero attached hydrogens (tertiary/aromatic N) is 1. The molecular formula is C14H13Cl2N3OS. The molecule has 2 aromatic rings. The van der Waals surface area contributed by atoms with E-state index in [1.807, 2.05) is 11.4 Å². The molecule has 4 nitrogen and oxygen atoms in total. The van der Waals surface area contributed by atoms with E-state index in [0.29, 0.717) is 15.2 Å². The van der Waals surface area contributed by atoms with Crippen molar-refractivity contribution in [1.82, 2.24) is 10.3 Å². The minimum atomic E-state index is -0.114. The van der Waals surface area contributed by atoms with Crippen molar-refractivity contribution < 1.29 is 4.79 Å². The quantitative estimate of drug-likeness (QED) is 0.892. The number of benzene rings is 1. The topological polar surface area (TPSA) is 54.0 Å². The van der Waals surface area contributed by atoms with Gasteiger partial charge in [0.1, 0.15) is 0 Å². The molecule has 1 aromatic heterocycles. The van der Waals surface area contributed by atoms with Crippen molar-refractivity contribution in [1.29, 1.82) is 0 Å². The van der Waals surface area contributed by atoms with Gasteiger partial charge in [-0.2, -0.15) is 0 Å². The largest absolute Gasteiger partial charge is 0.306 e. The first-order chi connectivity index (χ1) is 10.1. The Hall–Kier alpha value is -1.14. The molecule has 0 bridgehead atoms. The maximum Gasteiger partial charge on any atom is 0.243 e. The highest BCUT2D eigenvalue weighted by molar-refractivity contribution is 7.14. The fourth-order valence-corrected chi connectivity index (χ4v) is 3.47. The maximum atomic E-state index is 12.0. The highest BCUT2D eigenvalue weighted by Gasteiger charge is 2.22. The summed E-state index contributed by atoms with van der Waals surface area (Å²) >= 11 is 13.4. The lowest BCUT2D eigenvalue weighted by molar-refractivity contribution is -0.117. The van der Waals surface area contributed by atoms with Crippen LogP contribution < -0.4 is 10.6 Å². The fraction of sp³-hybridized carbons (Fsp3) is 0.286. The van der Waals surface area contributed by atoms with Crippen LogP contribution in [-0.4, -0.2) is 23.5 Å². The lowest BCUT2D eigenvalue weighted by Gasteiger charge is -2.08. The molecule has 21 heavy (non-hydrogen) atoms. The van der Waals surface area contributed by atoms with E-state index in [1.165, 1.54) is 11.3 Å². The van der Waals surface area contributed by atoms with Crippen LogP contribution in [0.3, 0.4) is 0 Å². The Kier molecular flexibility index (Phi) is 4.45. The second-order valence-electron chi connectivity index (χ2n) is 4.80. The standard InChI is InChI=1S/C14H13Cl2N3OS/c15-8-3-4-9(10(16)6-8)12-7-21-14(18-12)19-13(20)11-2-1-5-17-11/h3-4,6-7,11,17H,1-2,5H2,(H,18,19,20)/t11-/m0/s1.